The molecule has 0 aliphatic heterocycles. The van der Waals surface area contributed by atoms with Gasteiger partial charge in [0.05, 0.1) is 27.2 Å². The maximum atomic E-state index is 12.5. The second-order valence-corrected chi connectivity index (χ2v) is 8.51. The number of carbonyl (C=O) groups excluding carboxylic acids is 1. The quantitative estimate of drug-likeness (QED) is 0.878. The smallest absolute Gasteiger partial charge is 0.251 e. The normalized spacial score (nSPS) is 12.6. The summed E-state index contributed by atoms with van der Waals surface area (Å²) in [5, 5.41) is 3.03. The van der Waals surface area contributed by atoms with E-state index >= 15 is 0 Å². The zero-order chi connectivity index (χ0) is 17.1. The summed E-state index contributed by atoms with van der Waals surface area (Å²) < 4.78 is 0. The molecule has 0 fully saturated rings. The lowest BCUT2D eigenvalue weighted by Gasteiger charge is -2.26. The lowest BCUT2D eigenvalue weighted by atomic mass is 9.79. The predicted octanol–water partition coefficient (Wildman–Crippen LogP) is 2.16. The number of likely N-dealkylation sites (N-methyl/N-ethyl adjacent to an activating group) is 1. The summed E-state index contributed by atoms with van der Waals surface area (Å²) in [7, 11) is 4.17. The highest BCUT2D eigenvalue weighted by atomic mass is 16.1. The van der Waals surface area contributed by atoms with Crippen molar-refractivity contribution in [2.75, 3.05) is 27.2 Å². The number of quaternary nitrogens is 1. The van der Waals surface area contributed by atoms with Crippen molar-refractivity contribution < 1.29 is 9.69 Å². The Bertz CT molecular complexity index is 487. The molecule has 0 atom stereocenters. The Kier molecular flexibility index (Phi) is 5.80. The van der Waals surface area contributed by atoms with E-state index in [1.54, 1.807) is 0 Å². The summed E-state index contributed by atoms with van der Waals surface area (Å²) in [5.41, 5.74) is 3.26. The third-order valence-electron chi connectivity index (χ3n) is 3.84. The minimum Gasteiger partial charge on any atom is -0.346 e. The molecule has 1 rings (SSSR count). The Hall–Kier alpha value is -1.35. The molecular formula is C19H33N2O+. The Balaban J connectivity index is 3.10. The van der Waals surface area contributed by atoms with E-state index in [4.69, 9.17) is 0 Å². The maximum absolute atomic E-state index is 12.5. The molecule has 0 aromatic heterocycles. The number of amides is 1. The molecule has 1 aromatic rings. The van der Waals surface area contributed by atoms with Gasteiger partial charge in [0.15, 0.2) is 0 Å². The Morgan fingerprint density at radius 2 is 1.41 bits per heavy atom. The number of hydrogen-bond donors (Lipinski definition) is 2. The highest BCUT2D eigenvalue weighted by Crippen LogP contribution is 2.30. The molecule has 124 valence electrons. The molecule has 1 amide bonds. The van der Waals surface area contributed by atoms with Crippen LogP contribution in [-0.4, -0.2) is 33.1 Å². The largest absolute Gasteiger partial charge is 0.346 e. The molecule has 0 spiro atoms. The predicted molar refractivity (Wildman–Crippen MR) is 93.9 cm³/mol. The molecule has 0 unspecified atom stereocenters. The van der Waals surface area contributed by atoms with Crippen molar-refractivity contribution in [3.05, 3.63) is 34.9 Å². The minimum absolute atomic E-state index is 0.0258. The molecule has 2 N–H and O–H groups in total. The van der Waals surface area contributed by atoms with Crippen molar-refractivity contribution >= 4 is 5.91 Å². The Labute approximate surface area is 136 Å². The van der Waals surface area contributed by atoms with Gasteiger partial charge in [-0.25, -0.2) is 0 Å². The summed E-state index contributed by atoms with van der Waals surface area (Å²) >= 11 is 0. The molecule has 22 heavy (non-hydrogen) atoms. The first kappa shape index (κ1) is 18.7. The van der Waals surface area contributed by atoms with Crippen molar-refractivity contribution in [3.63, 3.8) is 0 Å². The summed E-state index contributed by atoms with van der Waals surface area (Å²) in [6.45, 7) is 14.7. The van der Waals surface area contributed by atoms with Gasteiger partial charge in [-0.3, -0.25) is 4.79 Å². The fourth-order valence-electron chi connectivity index (χ4n) is 2.15. The average molecular weight is 305 g/mol. The van der Waals surface area contributed by atoms with Crippen molar-refractivity contribution in [3.8, 4) is 0 Å². The summed E-state index contributed by atoms with van der Waals surface area (Å²) in [4.78, 5) is 13.8. The van der Waals surface area contributed by atoms with Gasteiger partial charge in [-0.2, -0.15) is 0 Å². The third kappa shape index (κ3) is 5.45. The number of rotatable bonds is 4. The zero-order valence-electron chi connectivity index (χ0n) is 15.6. The third-order valence-corrected chi connectivity index (χ3v) is 3.84. The van der Waals surface area contributed by atoms with Crippen LogP contribution >= 0.6 is 0 Å². The Morgan fingerprint density at radius 3 is 1.77 bits per heavy atom. The maximum Gasteiger partial charge on any atom is 0.251 e. The molecule has 1 aromatic carbocycles. The standard InChI is InChI=1S/C19H32N2O/c1-18(2,3)15-11-14(12-16(13-15)19(4,5)6)17(22)20-9-10-21(7)8/h11-13H,9-10H2,1-8H3,(H,20,22)/p+1. The topological polar surface area (TPSA) is 33.5 Å². The average Bonchev–Trinajstić information content (AvgIpc) is 2.35. The molecule has 0 radical (unpaired) electrons. The molecule has 3 nitrogen and oxygen atoms in total. The lowest BCUT2D eigenvalue weighted by Crippen LogP contribution is -3.06. The monoisotopic (exact) mass is 305 g/mol. The van der Waals surface area contributed by atoms with Crippen molar-refractivity contribution in [1.82, 2.24) is 5.32 Å². The molecule has 0 bridgehead atoms. The summed E-state index contributed by atoms with van der Waals surface area (Å²) in [6, 6.07) is 6.31. The van der Waals surface area contributed by atoms with Crippen LogP contribution in [0.15, 0.2) is 18.2 Å². The lowest BCUT2D eigenvalue weighted by molar-refractivity contribution is -0.856. The first-order chi connectivity index (χ1) is 9.91. The fourth-order valence-corrected chi connectivity index (χ4v) is 2.15. The van der Waals surface area contributed by atoms with Gasteiger partial charge in [0, 0.05) is 5.56 Å². The van der Waals surface area contributed by atoms with Crippen molar-refractivity contribution in [2.45, 2.75) is 52.4 Å². The van der Waals surface area contributed by atoms with Crippen LogP contribution in [0, 0.1) is 0 Å². The van der Waals surface area contributed by atoms with E-state index < -0.39 is 0 Å². The molecule has 3 heteroatoms. The van der Waals surface area contributed by atoms with Gasteiger partial charge in [-0.05, 0) is 34.1 Å². The van der Waals surface area contributed by atoms with E-state index in [1.807, 2.05) is 12.1 Å². The van der Waals surface area contributed by atoms with Gasteiger partial charge in [0.1, 0.15) is 0 Å². The van der Waals surface area contributed by atoms with Gasteiger partial charge in [0.25, 0.3) is 5.91 Å². The number of nitrogens with one attached hydrogen (secondary N) is 2. The molecule has 0 aliphatic carbocycles. The van der Waals surface area contributed by atoms with E-state index in [1.165, 1.54) is 16.0 Å². The van der Waals surface area contributed by atoms with E-state index in [-0.39, 0.29) is 16.7 Å². The highest BCUT2D eigenvalue weighted by molar-refractivity contribution is 5.94. The van der Waals surface area contributed by atoms with Crippen LogP contribution in [0.1, 0.15) is 63.0 Å². The van der Waals surface area contributed by atoms with E-state index in [2.05, 4.69) is 67.0 Å². The molecular weight excluding hydrogens is 272 g/mol. The minimum atomic E-state index is 0.0258. The van der Waals surface area contributed by atoms with Gasteiger partial charge in [0.2, 0.25) is 0 Å². The van der Waals surface area contributed by atoms with Gasteiger partial charge < -0.3 is 10.2 Å². The van der Waals surface area contributed by atoms with Gasteiger partial charge in [-0.15, -0.1) is 0 Å². The second kappa shape index (κ2) is 6.82. The number of hydrogen-bond acceptors (Lipinski definition) is 1. The number of carbonyl (C=O) groups is 1. The molecule has 0 heterocycles. The summed E-state index contributed by atoms with van der Waals surface area (Å²) in [6.07, 6.45) is 0. The van der Waals surface area contributed by atoms with Crippen LogP contribution < -0.4 is 10.2 Å². The van der Waals surface area contributed by atoms with E-state index in [0.29, 0.717) is 6.54 Å². The van der Waals surface area contributed by atoms with Crippen LogP contribution in [-0.2, 0) is 10.8 Å². The van der Waals surface area contributed by atoms with Crippen LogP contribution in [0.2, 0.25) is 0 Å². The van der Waals surface area contributed by atoms with Gasteiger partial charge in [-0.1, -0.05) is 47.6 Å². The fraction of sp³-hybridized carbons (Fsp3) is 0.632. The van der Waals surface area contributed by atoms with Crippen molar-refractivity contribution in [2.24, 2.45) is 0 Å². The second-order valence-electron chi connectivity index (χ2n) is 8.51. The number of benzene rings is 1. The molecule has 0 saturated carbocycles. The molecule has 0 saturated heterocycles. The SMILES string of the molecule is C[NH+](C)CCNC(=O)c1cc(C(C)(C)C)cc(C(C)(C)C)c1. The first-order valence-corrected chi connectivity index (χ1v) is 8.14. The van der Waals surface area contributed by atoms with Crippen LogP contribution in [0.4, 0.5) is 0 Å². The highest BCUT2D eigenvalue weighted by Gasteiger charge is 2.22. The van der Waals surface area contributed by atoms with Crippen molar-refractivity contribution in [1.29, 1.82) is 0 Å². The van der Waals surface area contributed by atoms with E-state index in [9.17, 15) is 4.79 Å². The van der Waals surface area contributed by atoms with Gasteiger partial charge >= 0.3 is 0 Å². The van der Waals surface area contributed by atoms with Crippen LogP contribution in [0.5, 0.6) is 0 Å². The van der Waals surface area contributed by atoms with E-state index in [0.717, 1.165) is 12.1 Å². The first-order valence-electron chi connectivity index (χ1n) is 8.14. The Morgan fingerprint density at radius 1 is 0.955 bits per heavy atom. The zero-order valence-corrected chi connectivity index (χ0v) is 15.6. The molecule has 0 aliphatic rings. The summed E-state index contributed by atoms with van der Waals surface area (Å²) in [5.74, 6) is 0.0258. The van der Waals surface area contributed by atoms with Crippen LogP contribution in [0.25, 0.3) is 0 Å². The van der Waals surface area contributed by atoms with Crippen LogP contribution in [0.3, 0.4) is 0 Å².